The molecule has 0 amide bonds. The Bertz CT molecular complexity index is 232. The van der Waals surface area contributed by atoms with Gasteiger partial charge in [-0.3, -0.25) is 4.79 Å². The number of rotatable bonds is 4. The van der Waals surface area contributed by atoms with Gasteiger partial charge in [0.1, 0.15) is 12.4 Å². The van der Waals surface area contributed by atoms with Crippen molar-refractivity contribution in [3.05, 3.63) is 18.2 Å². The summed E-state index contributed by atoms with van der Waals surface area (Å²) in [6.07, 6.45) is 3.92. The third kappa shape index (κ3) is 2.16. The molecule has 0 aliphatic heterocycles. The minimum atomic E-state index is 0.435. The quantitative estimate of drug-likeness (QED) is 0.599. The second kappa shape index (κ2) is 3.88. The van der Waals surface area contributed by atoms with Crippen LogP contribution in [-0.4, -0.2) is 22.4 Å². The SMILES string of the molecule is CCOCn1cnc(C=O)c1. The van der Waals surface area contributed by atoms with E-state index < -0.39 is 0 Å². The van der Waals surface area contributed by atoms with Gasteiger partial charge >= 0.3 is 0 Å². The van der Waals surface area contributed by atoms with E-state index in [0.29, 0.717) is 25.3 Å². The molecule has 0 radical (unpaired) electrons. The van der Waals surface area contributed by atoms with E-state index >= 15 is 0 Å². The first-order valence-corrected chi connectivity index (χ1v) is 3.41. The Hall–Kier alpha value is -1.16. The minimum absolute atomic E-state index is 0.435. The van der Waals surface area contributed by atoms with Crippen LogP contribution in [0.1, 0.15) is 17.4 Å². The summed E-state index contributed by atoms with van der Waals surface area (Å²) in [5, 5.41) is 0. The number of carbonyl (C=O) groups excluding carboxylic acids is 1. The van der Waals surface area contributed by atoms with Crippen LogP contribution in [0.15, 0.2) is 12.5 Å². The molecule has 0 fully saturated rings. The fraction of sp³-hybridized carbons (Fsp3) is 0.429. The average molecular weight is 154 g/mol. The average Bonchev–Trinajstić information content (AvgIpc) is 2.48. The van der Waals surface area contributed by atoms with Crippen LogP contribution in [-0.2, 0) is 11.5 Å². The summed E-state index contributed by atoms with van der Waals surface area (Å²) >= 11 is 0. The lowest BCUT2D eigenvalue weighted by Crippen LogP contribution is -1.98. The summed E-state index contributed by atoms with van der Waals surface area (Å²) in [6.45, 7) is 3.03. The molecule has 0 aliphatic carbocycles. The molecule has 1 aromatic rings. The zero-order chi connectivity index (χ0) is 8.10. The third-order valence-electron chi connectivity index (χ3n) is 1.22. The van der Waals surface area contributed by atoms with Crippen LogP contribution in [0.2, 0.25) is 0 Å². The summed E-state index contributed by atoms with van der Waals surface area (Å²) < 4.78 is 6.80. The Morgan fingerprint density at radius 2 is 2.64 bits per heavy atom. The van der Waals surface area contributed by atoms with Gasteiger partial charge in [-0.25, -0.2) is 4.98 Å². The summed E-state index contributed by atoms with van der Waals surface area (Å²) in [4.78, 5) is 14.0. The number of ether oxygens (including phenoxy) is 1. The van der Waals surface area contributed by atoms with E-state index in [0.717, 1.165) is 0 Å². The molecule has 0 aromatic carbocycles. The van der Waals surface area contributed by atoms with Crippen molar-refractivity contribution in [2.75, 3.05) is 6.61 Å². The maximum Gasteiger partial charge on any atom is 0.169 e. The van der Waals surface area contributed by atoms with Gasteiger partial charge in [0.15, 0.2) is 6.29 Å². The van der Waals surface area contributed by atoms with Crippen LogP contribution < -0.4 is 0 Å². The molecular weight excluding hydrogens is 144 g/mol. The predicted octanol–water partition coefficient (Wildman–Crippen LogP) is 0.690. The number of carbonyl (C=O) groups is 1. The second-order valence-corrected chi connectivity index (χ2v) is 2.05. The van der Waals surface area contributed by atoms with Crippen molar-refractivity contribution < 1.29 is 9.53 Å². The Balaban J connectivity index is 2.51. The third-order valence-corrected chi connectivity index (χ3v) is 1.22. The molecule has 11 heavy (non-hydrogen) atoms. The van der Waals surface area contributed by atoms with E-state index in [9.17, 15) is 4.79 Å². The minimum Gasteiger partial charge on any atom is -0.361 e. The highest BCUT2D eigenvalue weighted by molar-refractivity contribution is 5.70. The van der Waals surface area contributed by atoms with Gasteiger partial charge in [-0.15, -0.1) is 0 Å². The fourth-order valence-electron chi connectivity index (χ4n) is 0.706. The molecule has 0 spiro atoms. The van der Waals surface area contributed by atoms with Crippen molar-refractivity contribution >= 4 is 6.29 Å². The summed E-state index contributed by atoms with van der Waals surface area (Å²) in [5.74, 6) is 0. The van der Waals surface area contributed by atoms with Crippen molar-refractivity contribution in [3.8, 4) is 0 Å². The molecule has 0 unspecified atom stereocenters. The maximum absolute atomic E-state index is 10.2. The van der Waals surface area contributed by atoms with E-state index in [-0.39, 0.29) is 0 Å². The molecule has 0 aliphatic rings. The maximum atomic E-state index is 10.2. The van der Waals surface area contributed by atoms with E-state index in [1.54, 1.807) is 17.1 Å². The van der Waals surface area contributed by atoms with Crippen molar-refractivity contribution in [1.82, 2.24) is 9.55 Å². The Kier molecular flexibility index (Phi) is 2.80. The van der Waals surface area contributed by atoms with E-state index in [1.807, 2.05) is 6.92 Å². The van der Waals surface area contributed by atoms with Gasteiger partial charge in [-0.05, 0) is 6.92 Å². The summed E-state index contributed by atoms with van der Waals surface area (Å²) in [7, 11) is 0. The molecule has 1 heterocycles. The van der Waals surface area contributed by atoms with Gasteiger partial charge in [0.25, 0.3) is 0 Å². The van der Waals surface area contributed by atoms with Crippen LogP contribution in [0.25, 0.3) is 0 Å². The van der Waals surface area contributed by atoms with E-state index in [1.165, 1.54) is 0 Å². The van der Waals surface area contributed by atoms with E-state index in [2.05, 4.69) is 4.98 Å². The zero-order valence-electron chi connectivity index (χ0n) is 6.36. The van der Waals surface area contributed by atoms with E-state index in [4.69, 9.17) is 4.74 Å². The Morgan fingerprint density at radius 1 is 1.82 bits per heavy atom. The smallest absolute Gasteiger partial charge is 0.169 e. The topological polar surface area (TPSA) is 44.1 Å². The predicted molar refractivity (Wildman–Crippen MR) is 39.2 cm³/mol. The first-order valence-electron chi connectivity index (χ1n) is 3.41. The molecule has 0 bridgehead atoms. The standard InChI is InChI=1S/C7H10N2O2/c1-2-11-6-9-3-7(4-10)8-5-9/h3-5H,2,6H2,1H3. The first kappa shape index (κ1) is 7.94. The van der Waals surface area contributed by atoms with Gasteiger partial charge < -0.3 is 9.30 Å². The normalized spacial score (nSPS) is 9.91. The highest BCUT2D eigenvalue weighted by Gasteiger charge is 1.94. The number of hydrogen-bond acceptors (Lipinski definition) is 3. The van der Waals surface area contributed by atoms with Crippen molar-refractivity contribution in [2.45, 2.75) is 13.7 Å². The molecule has 4 heteroatoms. The van der Waals surface area contributed by atoms with Gasteiger partial charge in [0.2, 0.25) is 0 Å². The number of hydrogen-bond donors (Lipinski definition) is 0. The molecule has 0 saturated heterocycles. The van der Waals surface area contributed by atoms with Gasteiger partial charge in [-0.1, -0.05) is 0 Å². The van der Waals surface area contributed by atoms with Gasteiger partial charge in [-0.2, -0.15) is 0 Å². The van der Waals surface area contributed by atoms with Gasteiger partial charge in [0.05, 0.1) is 6.33 Å². The number of nitrogens with zero attached hydrogens (tertiary/aromatic N) is 2. The molecule has 1 aromatic heterocycles. The molecule has 0 saturated carbocycles. The van der Waals surface area contributed by atoms with Crippen LogP contribution in [0.4, 0.5) is 0 Å². The largest absolute Gasteiger partial charge is 0.361 e. The van der Waals surface area contributed by atoms with Crippen molar-refractivity contribution in [2.24, 2.45) is 0 Å². The van der Waals surface area contributed by atoms with Crippen LogP contribution in [0, 0.1) is 0 Å². The first-order chi connectivity index (χ1) is 5.36. The summed E-state index contributed by atoms with van der Waals surface area (Å²) in [5.41, 5.74) is 0.435. The molecule has 0 N–H and O–H groups in total. The second-order valence-electron chi connectivity index (χ2n) is 2.05. The highest BCUT2D eigenvalue weighted by atomic mass is 16.5. The highest BCUT2D eigenvalue weighted by Crippen LogP contribution is 1.92. The summed E-state index contributed by atoms with van der Waals surface area (Å²) in [6, 6.07) is 0. The van der Waals surface area contributed by atoms with Crippen LogP contribution in [0.3, 0.4) is 0 Å². The lowest BCUT2D eigenvalue weighted by Gasteiger charge is -1.99. The molecule has 4 nitrogen and oxygen atoms in total. The van der Waals surface area contributed by atoms with Crippen LogP contribution >= 0.6 is 0 Å². The number of imidazole rings is 1. The van der Waals surface area contributed by atoms with Crippen LogP contribution in [0.5, 0.6) is 0 Å². The monoisotopic (exact) mass is 154 g/mol. The fourth-order valence-corrected chi connectivity index (χ4v) is 0.706. The number of aromatic nitrogens is 2. The molecule has 1 rings (SSSR count). The van der Waals surface area contributed by atoms with Gasteiger partial charge in [0, 0.05) is 12.8 Å². The van der Waals surface area contributed by atoms with Crippen molar-refractivity contribution in [1.29, 1.82) is 0 Å². The van der Waals surface area contributed by atoms with Crippen molar-refractivity contribution in [3.63, 3.8) is 0 Å². The molecule has 0 atom stereocenters. The molecular formula is C7H10N2O2. The number of aldehydes is 1. The lowest BCUT2D eigenvalue weighted by molar-refractivity contribution is 0.0877. The lowest BCUT2D eigenvalue weighted by atomic mass is 10.5. The Morgan fingerprint density at radius 3 is 3.18 bits per heavy atom. The zero-order valence-corrected chi connectivity index (χ0v) is 6.36. The Labute approximate surface area is 64.8 Å². The molecule has 60 valence electrons.